The van der Waals surface area contributed by atoms with Crippen LogP contribution in [-0.4, -0.2) is 31.1 Å². The van der Waals surface area contributed by atoms with E-state index in [2.05, 4.69) is 10.3 Å². The molecule has 3 rings (SSSR count). The van der Waals surface area contributed by atoms with Gasteiger partial charge in [-0.15, -0.1) is 11.3 Å². The number of sulfone groups is 1. The number of amides is 1. The highest BCUT2D eigenvalue weighted by molar-refractivity contribution is 7.94. The molecule has 1 aliphatic heterocycles. The highest BCUT2D eigenvalue weighted by Crippen LogP contribution is 2.29. The van der Waals surface area contributed by atoms with Crippen LogP contribution >= 0.6 is 11.3 Å². The van der Waals surface area contributed by atoms with Gasteiger partial charge < -0.3 is 5.32 Å². The van der Waals surface area contributed by atoms with Gasteiger partial charge in [-0.3, -0.25) is 4.79 Å². The standard InChI is InChI=1S/C13H14N2O3S2/c16-12-11(7-3-4-8-14-12)20(17,18)13-15-9-5-1-2-6-10(9)19-13/h1-2,5-6,11H,3-4,7-8H2,(H,14,16). The zero-order valence-corrected chi connectivity index (χ0v) is 12.3. The number of para-hydroxylation sites is 1. The van der Waals surface area contributed by atoms with Crippen LogP contribution in [0, 0.1) is 0 Å². The molecule has 0 spiro atoms. The molecule has 20 heavy (non-hydrogen) atoms. The Morgan fingerprint density at radius 3 is 2.85 bits per heavy atom. The summed E-state index contributed by atoms with van der Waals surface area (Å²) in [6.07, 6.45) is 1.91. The average Bonchev–Trinajstić information content (AvgIpc) is 2.75. The highest BCUT2D eigenvalue weighted by Gasteiger charge is 2.36. The van der Waals surface area contributed by atoms with Crippen molar-refractivity contribution in [2.75, 3.05) is 6.54 Å². The molecule has 7 heteroatoms. The van der Waals surface area contributed by atoms with E-state index in [1.54, 1.807) is 6.07 Å². The van der Waals surface area contributed by atoms with Crippen LogP contribution in [0.15, 0.2) is 28.6 Å². The first-order valence-electron chi connectivity index (χ1n) is 6.46. The molecule has 0 radical (unpaired) electrons. The second kappa shape index (κ2) is 5.14. The molecule has 5 nitrogen and oxygen atoms in total. The van der Waals surface area contributed by atoms with E-state index in [4.69, 9.17) is 0 Å². The number of benzene rings is 1. The van der Waals surface area contributed by atoms with Crippen LogP contribution in [0.5, 0.6) is 0 Å². The molecule has 0 saturated carbocycles. The van der Waals surface area contributed by atoms with Gasteiger partial charge in [-0.2, -0.15) is 0 Å². The average molecular weight is 310 g/mol. The minimum atomic E-state index is -3.70. The number of fused-ring (bicyclic) bond motifs is 1. The lowest BCUT2D eigenvalue weighted by Crippen LogP contribution is -2.38. The second-order valence-corrected chi connectivity index (χ2v) is 8.10. The number of nitrogens with zero attached hydrogens (tertiary/aromatic N) is 1. The van der Waals surface area contributed by atoms with Crippen LogP contribution in [0.1, 0.15) is 19.3 Å². The second-order valence-electron chi connectivity index (χ2n) is 4.77. The number of rotatable bonds is 2. The molecular formula is C13H14N2O3S2. The predicted octanol–water partition coefficient (Wildman–Crippen LogP) is 1.74. The summed E-state index contributed by atoms with van der Waals surface area (Å²) in [4.78, 5) is 16.1. The molecule has 1 amide bonds. The van der Waals surface area contributed by atoms with Gasteiger partial charge in [-0.05, 0) is 31.4 Å². The van der Waals surface area contributed by atoms with E-state index in [9.17, 15) is 13.2 Å². The van der Waals surface area contributed by atoms with Crippen LogP contribution in [-0.2, 0) is 14.6 Å². The minimum absolute atomic E-state index is 0.0424. The van der Waals surface area contributed by atoms with Crippen molar-refractivity contribution in [3.05, 3.63) is 24.3 Å². The van der Waals surface area contributed by atoms with Gasteiger partial charge in [0.1, 0.15) is 5.25 Å². The van der Waals surface area contributed by atoms with Crippen LogP contribution in [0.25, 0.3) is 10.2 Å². The van der Waals surface area contributed by atoms with Gasteiger partial charge in [-0.1, -0.05) is 12.1 Å². The predicted molar refractivity (Wildman–Crippen MR) is 77.5 cm³/mol. The van der Waals surface area contributed by atoms with Crippen LogP contribution < -0.4 is 5.32 Å². The van der Waals surface area contributed by atoms with E-state index < -0.39 is 21.0 Å². The molecule has 1 fully saturated rings. The topological polar surface area (TPSA) is 76.1 Å². The third-order valence-electron chi connectivity index (χ3n) is 3.38. The van der Waals surface area contributed by atoms with E-state index in [0.717, 1.165) is 28.9 Å². The molecule has 1 aromatic carbocycles. The SMILES string of the molecule is O=C1NCCCCC1S(=O)(=O)c1nc2ccccc2s1. The van der Waals surface area contributed by atoms with E-state index >= 15 is 0 Å². The molecule has 1 saturated heterocycles. The molecule has 1 aliphatic rings. The smallest absolute Gasteiger partial charge is 0.238 e. The molecule has 0 bridgehead atoms. The maximum absolute atomic E-state index is 12.6. The zero-order chi connectivity index (χ0) is 14.2. The van der Waals surface area contributed by atoms with E-state index in [0.29, 0.717) is 18.5 Å². The van der Waals surface area contributed by atoms with Crippen LogP contribution in [0.3, 0.4) is 0 Å². The van der Waals surface area contributed by atoms with Gasteiger partial charge in [0.15, 0.2) is 0 Å². The fraction of sp³-hybridized carbons (Fsp3) is 0.385. The molecule has 1 unspecified atom stereocenters. The summed E-state index contributed by atoms with van der Waals surface area (Å²) in [5.41, 5.74) is 0.658. The summed E-state index contributed by atoms with van der Waals surface area (Å²) in [7, 11) is -3.70. The lowest BCUT2D eigenvalue weighted by molar-refractivity contribution is -0.120. The van der Waals surface area contributed by atoms with Gasteiger partial charge in [0.2, 0.25) is 20.1 Å². The Balaban J connectivity index is 2.03. The number of hydrogen-bond acceptors (Lipinski definition) is 5. The quantitative estimate of drug-likeness (QED) is 0.916. The summed E-state index contributed by atoms with van der Waals surface area (Å²) in [6.45, 7) is 0.546. The third-order valence-corrected chi connectivity index (χ3v) is 6.93. The Hall–Kier alpha value is -1.47. The Bertz CT molecular complexity index is 719. The Kier molecular flexibility index (Phi) is 3.47. The number of nitrogens with one attached hydrogen (secondary N) is 1. The first-order valence-corrected chi connectivity index (χ1v) is 8.82. The highest BCUT2D eigenvalue weighted by atomic mass is 32.2. The molecule has 2 aromatic rings. The minimum Gasteiger partial charge on any atom is -0.355 e. The summed E-state index contributed by atoms with van der Waals surface area (Å²) in [5.74, 6) is -0.401. The van der Waals surface area contributed by atoms with Crippen molar-refractivity contribution in [1.82, 2.24) is 10.3 Å². The lowest BCUT2D eigenvalue weighted by Gasteiger charge is -2.11. The van der Waals surface area contributed by atoms with Gasteiger partial charge >= 0.3 is 0 Å². The van der Waals surface area contributed by atoms with E-state index in [1.807, 2.05) is 18.2 Å². The van der Waals surface area contributed by atoms with E-state index in [-0.39, 0.29) is 4.34 Å². The number of hydrogen-bond donors (Lipinski definition) is 1. The molecule has 0 aliphatic carbocycles. The first kappa shape index (κ1) is 13.5. The molecule has 1 atom stereocenters. The molecule has 1 aromatic heterocycles. The largest absolute Gasteiger partial charge is 0.355 e. The van der Waals surface area contributed by atoms with Crippen molar-refractivity contribution in [1.29, 1.82) is 0 Å². The Labute approximate surface area is 120 Å². The summed E-state index contributed by atoms with van der Waals surface area (Å²) >= 11 is 1.13. The molecular weight excluding hydrogens is 296 g/mol. The van der Waals surface area contributed by atoms with Crippen molar-refractivity contribution >= 4 is 37.3 Å². The van der Waals surface area contributed by atoms with Crippen LogP contribution in [0.4, 0.5) is 0 Å². The third kappa shape index (κ3) is 2.31. The fourth-order valence-corrected chi connectivity index (χ4v) is 5.39. The van der Waals surface area contributed by atoms with Crippen molar-refractivity contribution in [3.8, 4) is 0 Å². The van der Waals surface area contributed by atoms with Gasteiger partial charge in [0, 0.05) is 6.54 Å². The summed E-state index contributed by atoms with van der Waals surface area (Å²) in [6, 6.07) is 7.27. The van der Waals surface area contributed by atoms with Gasteiger partial charge in [0.25, 0.3) is 0 Å². The first-order chi connectivity index (χ1) is 9.59. The zero-order valence-electron chi connectivity index (χ0n) is 10.7. The van der Waals surface area contributed by atoms with E-state index in [1.165, 1.54) is 0 Å². The van der Waals surface area contributed by atoms with Crippen LogP contribution in [0.2, 0.25) is 0 Å². The number of carbonyl (C=O) groups excluding carboxylic acids is 1. The lowest BCUT2D eigenvalue weighted by atomic mass is 10.2. The number of aromatic nitrogens is 1. The van der Waals surface area contributed by atoms with Crippen molar-refractivity contribution in [3.63, 3.8) is 0 Å². The normalized spacial score (nSPS) is 20.6. The maximum atomic E-state index is 12.6. The maximum Gasteiger partial charge on any atom is 0.238 e. The van der Waals surface area contributed by atoms with Crippen molar-refractivity contribution < 1.29 is 13.2 Å². The number of thiazole rings is 1. The summed E-state index contributed by atoms with van der Waals surface area (Å²) < 4.78 is 26.1. The number of carbonyl (C=O) groups is 1. The molecule has 106 valence electrons. The molecule has 1 N–H and O–H groups in total. The monoisotopic (exact) mass is 310 g/mol. The van der Waals surface area contributed by atoms with Crippen molar-refractivity contribution in [2.45, 2.75) is 28.9 Å². The van der Waals surface area contributed by atoms with Gasteiger partial charge in [0.05, 0.1) is 10.2 Å². The summed E-state index contributed by atoms with van der Waals surface area (Å²) in [5, 5.41) is 1.65. The fourth-order valence-electron chi connectivity index (χ4n) is 2.30. The molecule has 2 heterocycles. The Morgan fingerprint density at radius 1 is 1.25 bits per heavy atom. The van der Waals surface area contributed by atoms with Gasteiger partial charge in [-0.25, -0.2) is 13.4 Å². The van der Waals surface area contributed by atoms with Crippen molar-refractivity contribution in [2.24, 2.45) is 0 Å². The Morgan fingerprint density at radius 2 is 2.05 bits per heavy atom.